The molecule has 0 aliphatic carbocycles. The monoisotopic (exact) mass is 357 g/mol. The van der Waals surface area contributed by atoms with Gasteiger partial charge in [-0.3, -0.25) is 16.0 Å². The Morgan fingerprint density at radius 2 is 2.30 bits per heavy atom. The van der Waals surface area contributed by atoms with E-state index < -0.39 is 0 Å². The van der Waals surface area contributed by atoms with Crippen molar-refractivity contribution in [3.63, 3.8) is 0 Å². The van der Waals surface area contributed by atoms with Crippen molar-refractivity contribution in [3.8, 4) is 0 Å². The molecule has 2 rings (SSSR count). The third-order valence-corrected chi connectivity index (χ3v) is 4.44. The van der Waals surface area contributed by atoms with E-state index in [-0.39, 0.29) is 6.04 Å². The third-order valence-electron chi connectivity index (χ3n) is 3.20. The largest absolute Gasteiger partial charge is 0.271 e. The Balaban J connectivity index is 2.31. The number of hydrogen-bond acceptors (Lipinski definition) is 4. The van der Waals surface area contributed by atoms with Crippen LogP contribution in [-0.4, -0.2) is 14.8 Å². The van der Waals surface area contributed by atoms with Gasteiger partial charge in [0.1, 0.15) is 5.15 Å². The van der Waals surface area contributed by atoms with Gasteiger partial charge in [0.05, 0.1) is 21.9 Å². The van der Waals surface area contributed by atoms with Crippen LogP contribution in [0.3, 0.4) is 0 Å². The SMILES string of the molecule is CCn1nc(C)c(Br)c1CC(NN)c1ccnc(Cl)c1. The topological polar surface area (TPSA) is 68.8 Å². The van der Waals surface area contributed by atoms with E-state index in [0.717, 1.165) is 28.0 Å². The van der Waals surface area contributed by atoms with Gasteiger partial charge in [0, 0.05) is 19.2 Å². The molecule has 0 radical (unpaired) electrons. The molecule has 0 aliphatic rings. The van der Waals surface area contributed by atoms with Crippen LogP contribution in [0.5, 0.6) is 0 Å². The highest BCUT2D eigenvalue weighted by Crippen LogP contribution is 2.26. The highest BCUT2D eigenvalue weighted by atomic mass is 79.9. The number of halogens is 2. The molecule has 0 bridgehead atoms. The van der Waals surface area contributed by atoms with Crippen molar-refractivity contribution in [2.24, 2.45) is 5.84 Å². The molecule has 0 fully saturated rings. The van der Waals surface area contributed by atoms with Gasteiger partial charge < -0.3 is 0 Å². The van der Waals surface area contributed by atoms with Gasteiger partial charge in [0.15, 0.2) is 0 Å². The molecule has 2 aromatic rings. The summed E-state index contributed by atoms with van der Waals surface area (Å²) in [6.07, 6.45) is 2.39. The lowest BCUT2D eigenvalue weighted by atomic mass is 10.0. The van der Waals surface area contributed by atoms with Gasteiger partial charge >= 0.3 is 0 Å². The van der Waals surface area contributed by atoms with Crippen LogP contribution in [0.1, 0.15) is 29.9 Å². The van der Waals surface area contributed by atoms with Crippen molar-refractivity contribution in [1.82, 2.24) is 20.2 Å². The number of nitrogens with one attached hydrogen (secondary N) is 1. The fourth-order valence-corrected chi connectivity index (χ4v) is 2.79. The summed E-state index contributed by atoms with van der Waals surface area (Å²) in [6.45, 7) is 4.86. The van der Waals surface area contributed by atoms with E-state index in [4.69, 9.17) is 17.4 Å². The molecule has 0 spiro atoms. The molecule has 5 nitrogen and oxygen atoms in total. The molecule has 0 aliphatic heterocycles. The number of nitrogens with zero attached hydrogens (tertiary/aromatic N) is 3. The van der Waals surface area contributed by atoms with Gasteiger partial charge in [-0.25, -0.2) is 4.98 Å². The van der Waals surface area contributed by atoms with E-state index in [2.05, 4.69) is 38.4 Å². The summed E-state index contributed by atoms with van der Waals surface area (Å²) in [6, 6.07) is 3.68. The molecule has 2 aromatic heterocycles. The first kappa shape index (κ1) is 15.4. The van der Waals surface area contributed by atoms with Crippen LogP contribution in [0.15, 0.2) is 22.8 Å². The molecule has 0 amide bonds. The summed E-state index contributed by atoms with van der Waals surface area (Å²) in [5.41, 5.74) is 5.92. The lowest BCUT2D eigenvalue weighted by molar-refractivity contribution is 0.515. The number of hydrazine groups is 1. The number of hydrogen-bond donors (Lipinski definition) is 2. The Morgan fingerprint density at radius 1 is 1.55 bits per heavy atom. The van der Waals surface area contributed by atoms with Crippen LogP contribution >= 0.6 is 27.5 Å². The Kier molecular flexibility index (Phi) is 5.15. The molecule has 108 valence electrons. The normalized spacial score (nSPS) is 12.7. The number of rotatable bonds is 5. The summed E-state index contributed by atoms with van der Waals surface area (Å²) in [7, 11) is 0. The fourth-order valence-electron chi connectivity index (χ4n) is 2.16. The highest BCUT2D eigenvalue weighted by Gasteiger charge is 2.18. The van der Waals surface area contributed by atoms with E-state index in [9.17, 15) is 0 Å². The molecule has 7 heteroatoms. The van der Waals surface area contributed by atoms with Gasteiger partial charge in [-0.2, -0.15) is 5.10 Å². The maximum absolute atomic E-state index is 5.94. The molecule has 1 unspecified atom stereocenters. The average Bonchev–Trinajstić information content (AvgIpc) is 2.71. The van der Waals surface area contributed by atoms with E-state index in [1.807, 2.05) is 23.7 Å². The van der Waals surface area contributed by atoms with Gasteiger partial charge in [-0.1, -0.05) is 11.6 Å². The van der Waals surface area contributed by atoms with Crippen molar-refractivity contribution in [1.29, 1.82) is 0 Å². The van der Waals surface area contributed by atoms with Crippen molar-refractivity contribution in [2.45, 2.75) is 32.9 Å². The van der Waals surface area contributed by atoms with Crippen molar-refractivity contribution in [2.75, 3.05) is 0 Å². The average molecular weight is 359 g/mol. The maximum Gasteiger partial charge on any atom is 0.129 e. The molecule has 20 heavy (non-hydrogen) atoms. The molecule has 2 heterocycles. The van der Waals surface area contributed by atoms with Crippen LogP contribution in [0.2, 0.25) is 5.15 Å². The minimum atomic E-state index is -0.0480. The first-order chi connectivity index (χ1) is 9.56. The number of aromatic nitrogens is 3. The minimum Gasteiger partial charge on any atom is -0.271 e. The Hall–Kier alpha value is -0.950. The smallest absolute Gasteiger partial charge is 0.129 e. The zero-order valence-corrected chi connectivity index (χ0v) is 13.7. The van der Waals surface area contributed by atoms with Crippen molar-refractivity contribution >= 4 is 27.5 Å². The lowest BCUT2D eigenvalue weighted by Gasteiger charge is -2.17. The second-order valence-electron chi connectivity index (χ2n) is 4.50. The lowest BCUT2D eigenvalue weighted by Crippen LogP contribution is -2.30. The van der Waals surface area contributed by atoms with E-state index in [1.54, 1.807) is 6.20 Å². The van der Waals surface area contributed by atoms with Crippen LogP contribution in [-0.2, 0) is 13.0 Å². The van der Waals surface area contributed by atoms with Gasteiger partial charge in [0.25, 0.3) is 0 Å². The number of aryl methyl sites for hydroxylation is 2. The summed E-state index contributed by atoms with van der Waals surface area (Å²) < 4.78 is 3.01. The minimum absolute atomic E-state index is 0.0480. The number of nitrogens with two attached hydrogens (primary N) is 1. The predicted octanol–water partition coefficient (Wildman–Crippen LogP) is 2.77. The van der Waals surface area contributed by atoms with Crippen LogP contribution < -0.4 is 11.3 Å². The Morgan fingerprint density at radius 3 is 2.90 bits per heavy atom. The second kappa shape index (κ2) is 6.67. The summed E-state index contributed by atoms with van der Waals surface area (Å²) >= 11 is 9.53. The Bertz CT molecular complexity index is 598. The third kappa shape index (κ3) is 3.20. The summed E-state index contributed by atoms with van der Waals surface area (Å²) in [5.74, 6) is 5.69. The highest BCUT2D eigenvalue weighted by molar-refractivity contribution is 9.10. The van der Waals surface area contributed by atoms with Gasteiger partial charge in [-0.05, 0) is 47.5 Å². The van der Waals surface area contributed by atoms with E-state index in [0.29, 0.717) is 11.6 Å². The van der Waals surface area contributed by atoms with Gasteiger partial charge in [0.2, 0.25) is 0 Å². The van der Waals surface area contributed by atoms with E-state index >= 15 is 0 Å². The van der Waals surface area contributed by atoms with Crippen LogP contribution in [0.4, 0.5) is 0 Å². The van der Waals surface area contributed by atoms with Crippen LogP contribution in [0, 0.1) is 6.92 Å². The molecular weight excluding hydrogens is 342 g/mol. The van der Waals surface area contributed by atoms with E-state index in [1.165, 1.54) is 0 Å². The van der Waals surface area contributed by atoms with Crippen molar-refractivity contribution in [3.05, 3.63) is 44.9 Å². The zero-order chi connectivity index (χ0) is 14.7. The zero-order valence-electron chi connectivity index (χ0n) is 11.4. The molecule has 0 aromatic carbocycles. The quantitative estimate of drug-likeness (QED) is 0.490. The van der Waals surface area contributed by atoms with Gasteiger partial charge in [-0.15, -0.1) is 0 Å². The molecule has 0 saturated heterocycles. The predicted molar refractivity (Wildman–Crippen MR) is 83.4 cm³/mol. The first-order valence-corrected chi connectivity index (χ1v) is 7.53. The molecule has 3 N–H and O–H groups in total. The fraction of sp³-hybridized carbons (Fsp3) is 0.385. The first-order valence-electron chi connectivity index (χ1n) is 6.36. The standard InChI is InChI=1S/C13H17BrClN5/c1-3-20-11(13(14)8(2)19-20)7-10(18-16)9-4-5-17-12(15)6-9/h4-6,10,18H,3,7,16H2,1-2H3. The second-order valence-corrected chi connectivity index (χ2v) is 5.68. The summed E-state index contributed by atoms with van der Waals surface area (Å²) in [4.78, 5) is 3.99. The Labute approximate surface area is 131 Å². The molecular formula is C13H17BrClN5. The molecule has 0 saturated carbocycles. The molecule has 1 atom stereocenters. The van der Waals surface area contributed by atoms with Crippen LogP contribution in [0.25, 0.3) is 0 Å². The number of pyridine rings is 1. The van der Waals surface area contributed by atoms with Crippen molar-refractivity contribution < 1.29 is 0 Å². The maximum atomic E-state index is 5.94. The summed E-state index contributed by atoms with van der Waals surface area (Å²) in [5, 5.41) is 4.95.